The molecule has 3 N–H and O–H groups in total. The Hall–Kier alpha value is -2.76. The van der Waals surface area contributed by atoms with Gasteiger partial charge in [0.2, 0.25) is 5.95 Å². The molecule has 1 saturated heterocycles. The number of nitrogens with two attached hydrogens (primary N) is 1. The Morgan fingerprint density at radius 3 is 2.90 bits per heavy atom. The number of thiocarbonyl (C=S) groups is 1. The Morgan fingerprint density at radius 1 is 1.41 bits per heavy atom. The van der Waals surface area contributed by atoms with Crippen molar-refractivity contribution in [1.29, 1.82) is 0 Å². The minimum absolute atomic E-state index is 0.0792. The van der Waals surface area contributed by atoms with Gasteiger partial charge in [-0.1, -0.05) is 36.5 Å². The van der Waals surface area contributed by atoms with Gasteiger partial charge in [-0.15, -0.1) is 0 Å². The predicted octanol–water partition coefficient (Wildman–Crippen LogP) is 2.18. The minimum Gasteiger partial charge on any atom is -0.448 e. The SMILES string of the molecule is CC[C@@H]1C[C@@H](OC(=S)Oc2ccccc2)[C@H](n2c(=O)sc3c(=O)[nH]c(N)nc32)O1. The fraction of sp³-hybridized carbons (Fsp3) is 0.333. The second-order valence-corrected chi connectivity index (χ2v) is 7.75. The Morgan fingerprint density at radius 2 is 2.17 bits per heavy atom. The Kier molecular flexibility index (Phi) is 5.35. The molecule has 1 aliphatic heterocycles. The normalized spacial score (nSPS) is 21.3. The Bertz CT molecular complexity index is 1160. The molecule has 0 spiro atoms. The van der Waals surface area contributed by atoms with Crippen LogP contribution in [0.1, 0.15) is 26.0 Å². The van der Waals surface area contributed by atoms with Gasteiger partial charge in [0, 0.05) is 18.6 Å². The van der Waals surface area contributed by atoms with E-state index in [-0.39, 0.29) is 27.6 Å². The largest absolute Gasteiger partial charge is 0.448 e. The highest BCUT2D eigenvalue weighted by Crippen LogP contribution is 2.34. The maximum Gasteiger partial charge on any atom is 0.358 e. The molecule has 2 aromatic heterocycles. The third kappa shape index (κ3) is 3.88. The molecule has 0 amide bonds. The molecule has 1 aliphatic rings. The van der Waals surface area contributed by atoms with Crippen molar-refractivity contribution in [2.75, 3.05) is 5.73 Å². The number of rotatable bonds is 4. The summed E-state index contributed by atoms with van der Waals surface area (Å²) in [5, 5.41) is -0.0792. The molecule has 9 nitrogen and oxygen atoms in total. The number of nitrogen functional groups attached to an aromatic ring is 1. The first-order valence-electron chi connectivity index (χ1n) is 8.96. The van der Waals surface area contributed by atoms with E-state index in [0.29, 0.717) is 12.2 Å². The first-order chi connectivity index (χ1) is 14.0. The fourth-order valence-electron chi connectivity index (χ4n) is 3.21. The molecule has 1 aromatic carbocycles. The fourth-order valence-corrected chi connectivity index (χ4v) is 4.28. The van der Waals surface area contributed by atoms with Crippen LogP contribution in [0, 0.1) is 0 Å². The van der Waals surface area contributed by atoms with Crippen LogP contribution in [0.25, 0.3) is 10.3 Å². The maximum atomic E-state index is 12.7. The summed E-state index contributed by atoms with van der Waals surface area (Å²) in [6.45, 7) is 1.97. The summed E-state index contributed by atoms with van der Waals surface area (Å²) in [7, 11) is 0. The lowest BCUT2D eigenvalue weighted by atomic mass is 10.1. The van der Waals surface area contributed by atoms with Crippen LogP contribution < -0.4 is 20.9 Å². The van der Waals surface area contributed by atoms with Crippen molar-refractivity contribution in [2.24, 2.45) is 0 Å². The number of aromatic nitrogens is 3. The van der Waals surface area contributed by atoms with Gasteiger partial charge in [0.1, 0.15) is 10.4 Å². The lowest BCUT2D eigenvalue weighted by molar-refractivity contribution is -0.0358. The van der Waals surface area contributed by atoms with Gasteiger partial charge in [0.25, 0.3) is 5.56 Å². The van der Waals surface area contributed by atoms with E-state index in [1.165, 1.54) is 4.57 Å². The Labute approximate surface area is 174 Å². The third-order valence-electron chi connectivity index (χ3n) is 4.54. The second-order valence-electron chi connectivity index (χ2n) is 6.46. The standard InChI is InChI=1S/C18H18N4O5S2/c1-2-9-8-11(27-18(28)26-10-6-4-3-5-7-10)15(25-9)22-13-12(29-17(22)24)14(23)21-16(19)20-13/h3-7,9,11,15H,2,8H2,1H3,(H3,19,20,21,23)/t9-,11-,15-/m1/s1. The summed E-state index contributed by atoms with van der Waals surface area (Å²) < 4.78 is 18.9. The number of hydrogen-bond donors (Lipinski definition) is 2. The summed E-state index contributed by atoms with van der Waals surface area (Å²) in [5.41, 5.74) is 5.35. The lowest BCUT2D eigenvalue weighted by Crippen LogP contribution is -2.31. The molecular weight excluding hydrogens is 416 g/mol. The first kappa shape index (κ1) is 19.6. The monoisotopic (exact) mass is 434 g/mol. The topological polar surface area (TPSA) is 121 Å². The summed E-state index contributed by atoms with van der Waals surface area (Å²) in [5.74, 6) is 0.457. The predicted molar refractivity (Wildman–Crippen MR) is 112 cm³/mol. The van der Waals surface area contributed by atoms with Crippen LogP contribution in [0.5, 0.6) is 5.75 Å². The van der Waals surface area contributed by atoms with Crippen LogP contribution in [0.3, 0.4) is 0 Å². The minimum atomic E-state index is -0.813. The lowest BCUT2D eigenvalue weighted by Gasteiger charge is -2.21. The van der Waals surface area contributed by atoms with Gasteiger partial charge in [-0.2, -0.15) is 4.98 Å². The average Bonchev–Trinajstić information content (AvgIpc) is 3.22. The van der Waals surface area contributed by atoms with Crippen LogP contribution in [-0.2, 0) is 9.47 Å². The first-order valence-corrected chi connectivity index (χ1v) is 10.2. The van der Waals surface area contributed by atoms with Crippen molar-refractivity contribution in [2.45, 2.75) is 38.2 Å². The van der Waals surface area contributed by atoms with Crippen molar-refractivity contribution < 1.29 is 14.2 Å². The van der Waals surface area contributed by atoms with Crippen LogP contribution in [0.2, 0.25) is 0 Å². The summed E-state index contributed by atoms with van der Waals surface area (Å²) >= 11 is 6.00. The zero-order valence-electron chi connectivity index (χ0n) is 15.4. The molecule has 0 saturated carbocycles. The molecule has 11 heteroatoms. The van der Waals surface area contributed by atoms with Gasteiger partial charge in [-0.3, -0.25) is 19.1 Å². The number of H-pyrrole nitrogens is 1. The molecule has 152 valence electrons. The molecule has 29 heavy (non-hydrogen) atoms. The average molecular weight is 434 g/mol. The van der Waals surface area contributed by atoms with Crippen molar-refractivity contribution in [3.05, 3.63) is 50.4 Å². The molecule has 0 aliphatic carbocycles. The highest BCUT2D eigenvalue weighted by Gasteiger charge is 2.40. The molecule has 0 radical (unpaired) electrons. The van der Waals surface area contributed by atoms with Crippen LogP contribution in [0.4, 0.5) is 5.95 Å². The quantitative estimate of drug-likeness (QED) is 0.599. The summed E-state index contributed by atoms with van der Waals surface area (Å²) in [6.07, 6.45) is -0.329. The second kappa shape index (κ2) is 7.93. The molecule has 4 rings (SSSR count). The number of benzene rings is 1. The number of para-hydroxylation sites is 1. The van der Waals surface area contributed by atoms with Crippen molar-refractivity contribution in [3.63, 3.8) is 0 Å². The van der Waals surface area contributed by atoms with Gasteiger partial charge in [-0.25, -0.2) is 0 Å². The zero-order chi connectivity index (χ0) is 20.5. The number of nitrogens with one attached hydrogen (secondary N) is 1. The highest BCUT2D eigenvalue weighted by molar-refractivity contribution is 7.79. The van der Waals surface area contributed by atoms with Crippen molar-refractivity contribution in [3.8, 4) is 5.75 Å². The molecule has 3 atom stereocenters. The van der Waals surface area contributed by atoms with E-state index in [4.69, 9.17) is 32.2 Å². The number of ether oxygens (including phenoxy) is 3. The van der Waals surface area contributed by atoms with Gasteiger partial charge in [0.05, 0.1) is 6.10 Å². The van der Waals surface area contributed by atoms with Gasteiger partial charge < -0.3 is 19.9 Å². The van der Waals surface area contributed by atoms with E-state index in [9.17, 15) is 9.59 Å². The highest BCUT2D eigenvalue weighted by atomic mass is 32.1. The van der Waals surface area contributed by atoms with Crippen molar-refractivity contribution >= 4 is 45.1 Å². The molecular formula is C18H18N4O5S2. The number of anilines is 1. The third-order valence-corrected chi connectivity index (χ3v) is 5.66. The molecule has 0 unspecified atom stereocenters. The summed E-state index contributed by atoms with van der Waals surface area (Å²) in [4.78, 5) is 30.9. The van der Waals surface area contributed by atoms with Gasteiger partial charge in [-0.05, 0) is 18.6 Å². The Balaban J connectivity index is 1.66. The van der Waals surface area contributed by atoms with Gasteiger partial charge >= 0.3 is 10.1 Å². The van der Waals surface area contributed by atoms with E-state index >= 15 is 0 Å². The van der Waals surface area contributed by atoms with E-state index in [1.54, 1.807) is 12.1 Å². The smallest absolute Gasteiger partial charge is 0.358 e. The molecule has 3 heterocycles. The molecule has 1 fully saturated rings. The molecule has 0 bridgehead atoms. The van der Waals surface area contributed by atoms with E-state index in [1.807, 2.05) is 25.1 Å². The summed E-state index contributed by atoms with van der Waals surface area (Å²) in [6, 6.07) is 9.00. The zero-order valence-corrected chi connectivity index (χ0v) is 17.0. The number of fused-ring (bicyclic) bond motifs is 1. The van der Waals surface area contributed by atoms with Crippen molar-refractivity contribution in [1.82, 2.24) is 14.5 Å². The number of aromatic amines is 1. The maximum absolute atomic E-state index is 12.7. The van der Waals surface area contributed by atoms with E-state index in [0.717, 1.165) is 17.8 Å². The van der Waals surface area contributed by atoms with Gasteiger partial charge in [0.15, 0.2) is 18.0 Å². The van der Waals surface area contributed by atoms with Crippen LogP contribution >= 0.6 is 23.6 Å². The molecule has 3 aromatic rings. The number of nitrogens with zero attached hydrogens (tertiary/aromatic N) is 2. The van der Waals surface area contributed by atoms with E-state index in [2.05, 4.69) is 9.97 Å². The van der Waals surface area contributed by atoms with Crippen LogP contribution in [0.15, 0.2) is 39.9 Å². The van der Waals surface area contributed by atoms with E-state index < -0.39 is 22.8 Å². The number of hydrogen-bond acceptors (Lipinski definition) is 9. The number of thiazole rings is 1. The van der Waals surface area contributed by atoms with Crippen LogP contribution in [-0.4, -0.2) is 32.0 Å².